The molecule has 2 aliphatic rings. The predicted octanol–water partition coefficient (Wildman–Crippen LogP) is 3.63. The van der Waals surface area contributed by atoms with Crippen molar-refractivity contribution in [1.82, 2.24) is 10.2 Å². The highest BCUT2D eigenvalue weighted by atomic mass is 16.5. The lowest BCUT2D eigenvalue weighted by Gasteiger charge is -2.26. The minimum absolute atomic E-state index is 0.0545. The molecular weight excluding hydrogens is 408 g/mol. The number of carboxylic acids is 1. The van der Waals surface area contributed by atoms with Gasteiger partial charge in [0.2, 0.25) is 5.91 Å². The first kappa shape index (κ1) is 21.9. The molecule has 4 rings (SSSR count). The SMILES string of the molecule is C[C@H](NC(=O)OCC1c2ccccc2-c2ccccc21)C(=O)N(CCC(=O)O)CC1CC1. The molecule has 2 aliphatic carbocycles. The Labute approximate surface area is 187 Å². The van der Waals surface area contributed by atoms with Crippen molar-refractivity contribution in [2.75, 3.05) is 19.7 Å². The molecule has 0 aromatic heterocycles. The third-order valence-electron chi connectivity index (χ3n) is 6.13. The average molecular weight is 437 g/mol. The molecule has 0 unspecified atom stereocenters. The lowest BCUT2D eigenvalue weighted by molar-refractivity contribution is -0.139. The minimum Gasteiger partial charge on any atom is -0.481 e. The number of carbonyl (C=O) groups excluding carboxylic acids is 2. The number of rotatable bonds is 9. The molecule has 0 aliphatic heterocycles. The molecule has 7 heteroatoms. The van der Waals surface area contributed by atoms with Gasteiger partial charge in [0.25, 0.3) is 0 Å². The first-order valence-corrected chi connectivity index (χ1v) is 11.1. The fourth-order valence-corrected chi connectivity index (χ4v) is 4.29. The quantitative estimate of drug-likeness (QED) is 0.626. The molecule has 7 nitrogen and oxygen atoms in total. The highest BCUT2D eigenvalue weighted by Gasteiger charge is 2.31. The van der Waals surface area contributed by atoms with Gasteiger partial charge in [0.15, 0.2) is 0 Å². The molecule has 1 saturated carbocycles. The fourth-order valence-electron chi connectivity index (χ4n) is 4.29. The Balaban J connectivity index is 1.35. The van der Waals surface area contributed by atoms with E-state index in [1.54, 1.807) is 11.8 Å². The maximum absolute atomic E-state index is 12.8. The van der Waals surface area contributed by atoms with Gasteiger partial charge in [-0.1, -0.05) is 48.5 Å². The topological polar surface area (TPSA) is 95.9 Å². The van der Waals surface area contributed by atoms with Gasteiger partial charge in [-0.15, -0.1) is 0 Å². The van der Waals surface area contributed by atoms with Crippen molar-refractivity contribution in [1.29, 1.82) is 0 Å². The van der Waals surface area contributed by atoms with E-state index in [1.807, 2.05) is 36.4 Å². The van der Waals surface area contributed by atoms with E-state index in [4.69, 9.17) is 9.84 Å². The van der Waals surface area contributed by atoms with Crippen molar-refractivity contribution in [3.8, 4) is 11.1 Å². The number of alkyl carbamates (subject to hydrolysis) is 1. The second-order valence-corrected chi connectivity index (χ2v) is 8.56. The number of ether oxygens (including phenoxy) is 1. The van der Waals surface area contributed by atoms with Crippen LogP contribution in [-0.4, -0.2) is 53.7 Å². The van der Waals surface area contributed by atoms with E-state index in [1.165, 1.54) is 0 Å². The molecule has 2 aromatic rings. The van der Waals surface area contributed by atoms with Crippen molar-refractivity contribution in [3.63, 3.8) is 0 Å². The van der Waals surface area contributed by atoms with Gasteiger partial charge in [0.05, 0.1) is 6.42 Å². The van der Waals surface area contributed by atoms with Gasteiger partial charge in [-0.05, 0) is 47.9 Å². The summed E-state index contributed by atoms with van der Waals surface area (Å²) in [6.07, 6.45) is 1.32. The summed E-state index contributed by atoms with van der Waals surface area (Å²) < 4.78 is 5.52. The summed E-state index contributed by atoms with van der Waals surface area (Å²) in [6.45, 7) is 2.44. The van der Waals surface area contributed by atoms with Gasteiger partial charge in [0.1, 0.15) is 12.6 Å². The van der Waals surface area contributed by atoms with Crippen molar-refractivity contribution >= 4 is 18.0 Å². The molecule has 0 bridgehead atoms. The van der Waals surface area contributed by atoms with Crippen LogP contribution >= 0.6 is 0 Å². The number of carboxylic acid groups (broad SMARTS) is 1. The number of nitrogens with one attached hydrogen (secondary N) is 1. The first-order valence-electron chi connectivity index (χ1n) is 11.1. The Morgan fingerprint density at radius 1 is 1.06 bits per heavy atom. The van der Waals surface area contributed by atoms with E-state index in [-0.39, 0.29) is 31.4 Å². The Morgan fingerprint density at radius 3 is 2.22 bits per heavy atom. The molecular formula is C25H28N2O5. The Morgan fingerprint density at radius 2 is 1.66 bits per heavy atom. The number of nitrogens with zero attached hydrogens (tertiary/aromatic N) is 1. The molecule has 1 atom stereocenters. The van der Waals surface area contributed by atoms with Crippen LogP contribution in [0.15, 0.2) is 48.5 Å². The van der Waals surface area contributed by atoms with Gasteiger partial charge in [0, 0.05) is 19.0 Å². The minimum atomic E-state index is -0.948. The summed E-state index contributed by atoms with van der Waals surface area (Å²) in [7, 11) is 0. The summed E-state index contributed by atoms with van der Waals surface area (Å²) >= 11 is 0. The molecule has 2 aromatic carbocycles. The van der Waals surface area contributed by atoms with Crippen LogP contribution in [0.25, 0.3) is 11.1 Å². The molecule has 0 radical (unpaired) electrons. The molecule has 32 heavy (non-hydrogen) atoms. The zero-order valence-electron chi connectivity index (χ0n) is 18.1. The van der Waals surface area contributed by atoms with Crippen molar-refractivity contribution in [2.24, 2.45) is 5.92 Å². The van der Waals surface area contributed by atoms with Crippen molar-refractivity contribution in [2.45, 2.75) is 38.1 Å². The lowest BCUT2D eigenvalue weighted by atomic mass is 9.98. The van der Waals surface area contributed by atoms with Gasteiger partial charge in [-0.3, -0.25) is 9.59 Å². The highest BCUT2D eigenvalue weighted by molar-refractivity contribution is 5.86. The summed E-state index contributed by atoms with van der Waals surface area (Å²) in [5, 5.41) is 11.6. The molecule has 0 heterocycles. The molecule has 2 N–H and O–H groups in total. The standard InChI is InChI=1S/C25H28N2O5/c1-16(24(30)27(13-12-23(28)29)14-17-10-11-17)26-25(31)32-15-22-20-8-4-2-6-18(20)19-7-3-5-9-21(19)22/h2-9,16-17,22H,10-15H2,1H3,(H,26,31)(H,28,29)/t16-/m0/s1. The maximum atomic E-state index is 12.8. The highest BCUT2D eigenvalue weighted by Crippen LogP contribution is 2.44. The maximum Gasteiger partial charge on any atom is 0.407 e. The third-order valence-corrected chi connectivity index (χ3v) is 6.13. The number of hydrogen-bond acceptors (Lipinski definition) is 4. The van der Waals surface area contributed by atoms with E-state index in [2.05, 4.69) is 17.4 Å². The van der Waals surface area contributed by atoms with E-state index in [0.717, 1.165) is 35.1 Å². The monoisotopic (exact) mass is 436 g/mol. The summed E-state index contributed by atoms with van der Waals surface area (Å²) in [5.41, 5.74) is 4.54. The van der Waals surface area contributed by atoms with E-state index in [0.29, 0.717) is 12.5 Å². The van der Waals surface area contributed by atoms with Gasteiger partial charge in [-0.25, -0.2) is 4.79 Å². The fraction of sp³-hybridized carbons (Fsp3) is 0.400. The first-order chi connectivity index (χ1) is 15.4. The third kappa shape index (κ3) is 4.93. The molecule has 0 spiro atoms. The Bertz CT molecular complexity index is 971. The number of fused-ring (bicyclic) bond motifs is 3. The van der Waals surface area contributed by atoms with Crippen molar-refractivity contribution in [3.05, 3.63) is 59.7 Å². The Hall–Kier alpha value is -3.35. The lowest BCUT2D eigenvalue weighted by Crippen LogP contribution is -2.48. The van der Waals surface area contributed by atoms with E-state index >= 15 is 0 Å². The summed E-state index contributed by atoms with van der Waals surface area (Å²) in [6, 6.07) is 15.4. The number of carbonyl (C=O) groups is 3. The van der Waals surface area contributed by atoms with Crippen LogP contribution in [0.1, 0.15) is 43.2 Å². The average Bonchev–Trinajstić information content (AvgIpc) is 3.55. The Kier molecular flexibility index (Phi) is 6.44. The van der Waals surface area contributed by atoms with E-state index in [9.17, 15) is 14.4 Å². The van der Waals surface area contributed by atoms with Crippen LogP contribution in [0.4, 0.5) is 4.79 Å². The largest absolute Gasteiger partial charge is 0.481 e. The summed E-state index contributed by atoms with van der Waals surface area (Å²) in [5.74, 6) is -0.863. The van der Waals surface area contributed by atoms with Crippen LogP contribution in [0.5, 0.6) is 0 Å². The summed E-state index contributed by atoms with van der Waals surface area (Å²) in [4.78, 5) is 37.7. The van der Waals surface area contributed by atoms with Crippen LogP contribution in [0, 0.1) is 5.92 Å². The number of benzene rings is 2. The van der Waals surface area contributed by atoms with Crippen molar-refractivity contribution < 1.29 is 24.2 Å². The second-order valence-electron chi connectivity index (χ2n) is 8.56. The van der Waals surface area contributed by atoms with E-state index < -0.39 is 18.1 Å². The van der Waals surface area contributed by atoms with Gasteiger partial charge >= 0.3 is 12.1 Å². The van der Waals surface area contributed by atoms with Crippen LogP contribution in [-0.2, 0) is 14.3 Å². The van der Waals surface area contributed by atoms with Gasteiger partial charge < -0.3 is 20.1 Å². The molecule has 0 saturated heterocycles. The second kappa shape index (κ2) is 9.42. The predicted molar refractivity (Wildman–Crippen MR) is 119 cm³/mol. The van der Waals surface area contributed by atoms with Gasteiger partial charge in [-0.2, -0.15) is 0 Å². The normalized spacial score (nSPS) is 15.4. The zero-order chi connectivity index (χ0) is 22.7. The zero-order valence-corrected chi connectivity index (χ0v) is 18.1. The number of hydrogen-bond donors (Lipinski definition) is 2. The molecule has 2 amide bonds. The number of aliphatic carboxylic acids is 1. The smallest absolute Gasteiger partial charge is 0.407 e. The van der Waals surface area contributed by atoms with Crippen LogP contribution < -0.4 is 5.32 Å². The van der Waals surface area contributed by atoms with Crippen LogP contribution in [0.3, 0.4) is 0 Å². The molecule has 1 fully saturated rings. The van der Waals surface area contributed by atoms with Crippen LogP contribution in [0.2, 0.25) is 0 Å². The number of amides is 2. The molecule has 168 valence electrons.